The van der Waals surface area contributed by atoms with Crippen molar-refractivity contribution in [1.82, 2.24) is 16.0 Å². The van der Waals surface area contributed by atoms with Gasteiger partial charge in [-0.2, -0.15) is 0 Å². The number of aliphatic carboxylic acids is 3. The fraction of sp³-hybridized carbons (Fsp3) is 0.435. The molecule has 0 bridgehead atoms. The minimum atomic E-state index is -1.83. The van der Waals surface area contributed by atoms with Crippen molar-refractivity contribution >= 4 is 41.5 Å². The third kappa shape index (κ3) is 12.4. The van der Waals surface area contributed by atoms with Crippen LogP contribution in [-0.4, -0.2) is 86.1 Å². The van der Waals surface area contributed by atoms with E-state index in [9.17, 15) is 43.8 Å². The van der Waals surface area contributed by atoms with Gasteiger partial charge in [-0.15, -0.1) is 0 Å². The Balaban J connectivity index is 3.18. The number of benzene rings is 1. The van der Waals surface area contributed by atoms with Gasteiger partial charge in [0.25, 0.3) is 0 Å². The van der Waals surface area contributed by atoms with Gasteiger partial charge >= 0.3 is 17.9 Å². The van der Waals surface area contributed by atoms with Crippen LogP contribution in [0.2, 0.25) is 0 Å². The number of hydrogen-bond donors (Lipinski definition) is 9. The lowest BCUT2D eigenvalue weighted by molar-refractivity contribution is -0.147. The Morgan fingerprint density at radius 1 is 0.718 bits per heavy atom. The van der Waals surface area contributed by atoms with Crippen LogP contribution in [0.5, 0.6) is 5.75 Å². The molecule has 4 atom stereocenters. The number of amides is 4. The first-order chi connectivity index (χ1) is 18.2. The maximum atomic E-state index is 13.1. The van der Waals surface area contributed by atoms with Crippen LogP contribution in [-0.2, 0) is 40.0 Å². The molecule has 0 heterocycles. The van der Waals surface area contributed by atoms with Gasteiger partial charge in [0.1, 0.15) is 23.9 Å². The molecule has 0 aliphatic heterocycles. The quantitative estimate of drug-likeness (QED) is 0.0960. The third-order valence-corrected chi connectivity index (χ3v) is 5.32. The van der Waals surface area contributed by atoms with Gasteiger partial charge in [-0.1, -0.05) is 12.1 Å². The Bertz CT molecular complexity index is 1080. The van der Waals surface area contributed by atoms with E-state index in [1.165, 1.54) is 24.3 Å². The van der Waals surface area contributed by atoms with E-state index in [0.717, 1.165) is 0 Å². The fourth-order valence-corrected chi connectivity index (χ4v) is 3.24. The highest BCUT2D eigenvalue weighted by Gasteiger charge is 2.31. The molecule has 0 aliphatic carbocycles. The van der Waals surface area contributed by atoms with Crippen LogP contribution in [0.1, 0.15) is 37.7 Å². The second-order valence-corrected chi connectivity index (χ2v) is 8.53. The van der Waals surface area contributed by atoms with E-state index in [2.05, 4.69) is 10.6 Å². The molecular weight excluding hydrogens is 522 g/mol. The summed E-state index contributed by atoms with van der Waals surface area (Å²) in [7, 11) is 0. The summed E-state index contributed by atoms with van der Waals surface area (Å²) in [5.41, 5.74) is 11.1. The lowest BCUT2D eigenvalue weighted by Gasteiger charge is -2.25. The van der Waals surface area contributed by atoms with Crippen LogP contribution >= 0.6 is 0 Å². The zero-order valence-corrected chi connectivity index (χ0v) is 20.7. The Labute approximate surface area is 221 Å². The molecule has 11 N–H and O–H groups in total. The smallest absolute Gasteiger partial charge is 0.326 e. The van der Waals surface area contributed by atoms with Gasteiger partial charge in [-0.05, 0) is 30.5 Å². The molecule has 0 spiro atoms. The summed E-state index contributed by atoms with van der Waals surface area (Å²) in [6, 6.07) is -0.700. The highest BCUT2D eigenvalue weighted by Crippen LogP contribution is 2.12. The van der Waals surface area contributed by atoms with Gasteiger partial charge in [0.2, 0.25) is 23.6 Å². The molecule has 16 nitrogen and oxygen atoms in total. The largest absolute Gasteiger partial charge is 0.508 e. The Morgan fingerprint density at radius 2 is 1.26 bits per heavy atom. The summed E-state index contributed by atoms with van der Waals surface area (Å²) in [5, 5.41) is 43.3. The van der Waals surface area contributed by atoms with Crippen molar-refractivity contribution in [3.05, 3.63) is 29.8 Å². The number of carboxylic acid groups (broad SMARTS) is 3. The van der Waals surface area contributed by atoms with Gasteiger partial charge < -0.3 is 47.8 Å². The van der Waals surface area contributed by atoms with Crippen molar-refractivity contribution in [2.24, 2.45) is 11.5 Å². The molecule has 16 heteroatoms. The number of primary amides is 1. The molecule has 0 aromatic heterocycles. The molecule has 39 heavy (non-hydrogen) atoms. The van der Waals surface area contributed by atoms with Crippen molar-refractivity contribution in [2.45, 2.75) is 62.7 Å². The highest BCUT2D eigenvalue weighted by molar-refractivity contribution is 5.95. The fourth-order valence-electron chi connectivity index (χ4n) is 3.24. The number of phenols is 1. The first-order valence-corrected chi connectivity index (χ1v) is 11.6. The van der Waals surface area contributed by atoms with Gasteiger partial charge in [0.05, 0.1) is 12.5 Å². The second kappa shape index (κ2) is 15.5. The first-order valence-electron chi connectivity index (χ1n) is 11.6. The Kier molecular flexibility index (Phi) is 12.8. The van der Waals surface area contributed by atoms with E-state index in [1.807, 2.05) is 5.32 Å². The van der Waals surface area contributed by atoms with Crippen molar-refractivity contribution in [3.8, 4) is 5.75 Å². The molecule has 214 valence electrons. The van der Waals surface area contributed by atoms with Crippen molar-refractivity contribution in [2.75, 3.05) is 0 Å². The molecule has 4 amide bonds. The molecule has 0 radical (unpaired) electrons. The number of phenolic OH excluding ortho intramolecular Hbond substituents is 1. The highest BCUT2D eigenvalue weighted by atomic mass is 16.4. The number of rotatable bonds is 17. The lowest BCUT2D eigenvalue weighted by Crippen LogP contribution is -2.57. The zero-order valence-electron chi connectivity index (χ0n) is 20.7. The first kappa shape index (κ1) is 32.3. The number of aromatic hydroxyl groups is 1. The molecule has 0 aliphatic rings. The Hall–Kier alpha value is -4.73. The molecule has 1 rings (SSSR count). The number of hydrogen-bond acceptors (Lipinski definition) is 9. The average molecular weight is 554 g/mol. The molecule has 0 fully saturated rings. The molecule has 1 aromatic rings. The van der Waals surface area contributed by atoms with Crippen LogP contribution in [0.3, 0.4) is 0 Å². The standard InChI is InChI=1S/C23H31N5O11/c24-13(5-7-17(25)30)20(35)26-14(6-8-18(31)32)21(36)27-15(9-11-1-3-12(29)4-2-11)22(37)28-16(23(38)39)10-19(33)34/h1-4,13-16,29H,5-10,24H2,(H2,25,30)(H,26,35)(H,27,36)(H,28,37)(H,31,32)(H,33,34)(H,38,39). The van der Waals surface area contributed by atoms with Gasteiger partial charge in [0, 0.05) is 19.3 Å². The number of carbonyl (C=O) groups excluding carboxylic acids is 4. The summed E-state index contributed by atoms with van der Waals surface area (Å²) in [6.07, 6.45) is -2.57. The van der Waals surface area contributed by atoms with E-state index < -0.39 is 85.0 Å². The van der Waals surface area contributed by atoms with Crippen LogP contribution in [0.4, 0.5) is 0 Å². The van der Waals surface area contributed by atoms with Crippen LogP contribution in [0.25, 0.3) is 0 Å². The van der Waals surface area contributed by atoms with Gasteiger partial charge in [0.15, 0.2) is 0 Å². The van der Waals surface area contributed by atoms with Crippen LogP contribution in [0, 0.1) is 0 Å². The normalized spacial score (nSPS) is 13.7. The number of carboxylic acids is 3. The van der Waals surface area contributed by atoms with Gasteiger partial charge in [-0.3, -0.25) is 28.8 Å². The maximum absolute atomic E-state index is 13.1. The van der Waals surface area contributed by atoms with E-state index in [1.54, 1.807) is 0 Å². The molecular formula is C23H31N5O11. The van der Waals surface area contributed by atoms with E-state index in [4.69, 9.17) is 21.7 Å². The molecule has 4 unspecified atom stereocenters. The summed E-state index contributed by atoms with van der Waals surface area (Å²) >= 11 is 0. The topological polar surface area (TPSA) is 289 Å². The van der Waals surface area contributed by atoms with Gasteiger partial charge in [-0.25, -0.2) is 4.79 Å². The summed E-state index contributed by atoms with van der Waals surface area (Å²) in [5.74, 6) is -8.25. The zero-order chi connectivity index (χ0) is 29.7. The Morgan fingerprint density at radius 3 is 1.77 bits per heavy atom. The average Bonchev–Trinajstić information content (AvgIpc) is 2.84. The maximum Gasteiger partial charge on any atom is 0.326 e. The van der Waals surface area contributed by atoms with Crippen molar-refractivity contribution < 1.29 is 54.0 Å². The number of nitrogens with one attached hydrogen (secondary N) is 3. The van der Waals surface area contributed by atoms with Crippen LogP contribution in [0.15, 0.2) is 24.3 Å². The monoisotopic (exact) mass is 553 g/mol. The summed E-state index contributed by atoms with van der Waals surface area (Å²) < 4.78 is 0. The molecule has 0 saturated heterocycles. The van der Waals surface area contributed by atoms with Crippen LogP contribution < -0.4 is 27.4 Å². The predicted octanol–water partition coefficient (Wildman–Crippen LogP) is -2.59. The van der Waals surface area contributed by atoms with Crippen molar-refractivity contribution in [3.63, 3.8) is 0 Å². The molecule has 1 aromatic carbocycles. The third-order valence-electron chi connectivity index (χ3n) is 5.32. The summed E-state index contributed by atoms with van der Waals surface area (Å²) in [6.45, 7) is 0. The van der Waals surface area contributed by atoms with Crippen molar-refractivity contribution in [1.29, 1.82) is 0 Å². The minimum Gasteiger partial charge on any atom is -0.508 e. The predicted molar refractivity (Wildman–Crippen MR) is 131 cm³/mol. The SMILES string of the molecule is NC(=O)CCC(N)C(=O)NC(CCC(=O)O)C(=O)NC(Cc1ccc(O)cc1)C(=O)NC(CC(=O)O)C(=O)O. The van der Waals surface area contributed by atoms with E-state index >= 15 is 0 Å². The van der Waals surface area contributed by atoms with E-state index in [-0.39, 0.29) is 25.0 Å². The second-order valence-electron chi connectivity index (χ2n) is 8.53. The lowest BCUT2D eigenvalue weighted by atomic mass is 10.0. The number of nitrogens with two attached hydrogens (primary N) is 2. The molecule has 0 saturated carbocycles. The minimum absolute atomic E-state index is 0.0969. The number of carbonyl (C=O) groups is 7. The van der Waals surface area contributed by atoms with E-state index in [0.29, 0.717) is 5.56 Å². The summed E-state index contributed by atoms with van der Waals surface area (Å²) in [4.78, 5) is 82.9.